The van der Waals surface area contributed by atoms with Gasteiger partial charge in [0.05, 0.1) is 12.9 Å². The fraction of sp³-hybridized carbons (Fsp3) is 0.500. The van der Waals surface area contributed by atoms with E-state index in [1.165, 1.54) is 10.9 Å². The molecule has 2 aromatic rings. The van der Waals surface area contributed by atoms with E-state index in [0.717, 1.165) is 6.33 Å². The van der Waals surface area contributed by atoms with E-state index in [9.17, 15) is 28.8 Å². The molecule has 0 aromatic carbocycles. The van der Waals surface area contributed by atoms with E-state index in [1.807, 2.05) is 0 Å². The van der Waals surface area contributed by atoms with Crippen LogP contribution in [0.2, 0.25) is 0 Å². The summed E-state index contributed by atoms with van der Waals surface area (Å²) in [4.78, 5) is 47.2. The number of anilines is 1. The molecular weight excluding hydrogens is 506 g/mol. The van der Waals surface area contributed by atoms with Crippen LogP contribution in [0.15, 0.2) is 12.7 Å². The van der Waals surface area contributed by atoms with Crippen LogP contribution in [0.4, 0.5) is 5.82 Å². The van der Waals surface area contributed by atoms with E-state index in [0.29, 0.717) is 0 Å². The van der Waals surface area contributed by atoms with Crippen LogP contribution in [-0.4, -0.2) is 74.2 Å². The predicted molar refractivity (Wildman–Crippen MR) is 95.5 cm³/mol. The minimum atomic E-state index is -5.70. The summed E-state index contributed by atoms with van der Waals surface area (Å²) >= 11 is 0. The zero-order valence-corrected chi connectivity index (χ0v) is 17.6. The minimum absolute atomic E-state index is 0.0426. The Labute approximate surface area is 171 Å². The van der Waals surface area contributed by atoms with Crippen molar-refractivity contribution >= 4 is 40.4 Å². The van der Waals surface area contributed by atoms with Crippen LogP contribution in [0.25, 0.3) is 11.2 Å². The molecule has 31 heavy (non-hydrogen) atoms. The Hall–Kier alpha value is -1.36. The number of hydrogen-bond acceptors (Lipinski definition) is 13. The van der Waals surface area contributed by atoms with E-state index < -0.39 is 54.6 Å². The Morgan fingerprint density at radius 2 is 1.71 bits per heavy atom. The highest BCUT2D eigenvalue weighted by atomic mass is 31.3. The van der Waals surface area contributed by atoms with Crippen LogP contribution in [0.1, 0.15) is 6.23 Å². The number of aliphatic hydroxyl groups excluding tert-OH is 2. The zero-order valence-electron chi connectivity index (χ0n) is 14.9. The van der Waals surface area contributed by atoms with Crippen molar-refractivity contribution in [1.82, 2.24) is 19.5 Å². The molecule has 174 valence electrons. The second kappa shape index (κ2) is 8.53. The molecule has 0 saturated carbocycles. The van der Waals surface area contributed by atoms with Gasteiger partial charge in [0.2, 0.25) is 0 Å². The zero-order chi connectivity index (χ0) is 23.2. The lowest BCUT2D eigenvalue weighted by atomic mass is 11.1. The Balaban J connectivity index is 1.69. The molecule has 1 aliphatic rings. The first kappa shape index (κ1) is 24.3. The average Bonchev–Trinajstić information content (AvgIpc) is 3.13. The third-order valence-corrected chi connectivity index (χ3v) is 7.62. The fourth-order valence-corrected chi connectivity index (χ4v) is 5.65. The number of phosphoric ester groups is 1. The summed E-state index contributed by atoms with van der Waals surface area (Å²) in [6.45, 7) is -0.956. The molecule has 3 heterocycles. The Morgan fingerprint density at radius 1 is 1.03 bits per heavy atom. The van der Waals surface area contributed by atoms with Gasteiger partial charge >= 0.3 is 23.5 Å². The summed E-state index contributed by atoms with van der Waals surface area (Å²) in [5.41, 5.74) is 6.00. The molecule has 0 amide bonds. The van der Waals surface area contributed by atoms with E-state index in [1.54, 1.807) is 0 Å². The number of rotatable bonds is 8. The summed E-state index contributed by atoms with van der Waals surface area (Å²) in [6, 6.07) is 0. The molecule has 0 aliphatic carbocycles. The molecule has 18 nitrogen and oxygen atoms in total. The van der Waals surface area contributed by atoms with Gasteiger partial charge in [-0.05, 0) is 0 Å². The van der Waals surface area contributed by atoms with Crippen LogP contribution in [0.5, 0.6) is 0 Å². The second-order valence-corrected chi connectivity index (χ2v) is 10.4. The lowest BCUT2D eigenvalue weighted by Gasteiger charge is -2.19. The van der Waals surface area contributed by atoms with Crippen molar-refractivity contribution in [2.45, 2.75) is 24.5 Å². The number of hydrogen-bond donors (Lipinski definition) is 7. The quantitative estimate of drug-likeness (QED) is 0.116. The molecule has 21 heteroatoms. The van der Waals surface area contributed by atoms with Gasteiger partial charge in [-0.3, -0.25) is 9.09 Å². The lowest BCUT2D eigenvalue weighted by Crippen LogP contribution is -2.33. The Bertz CT molecular complexity index is 1100. The highest BCUT2D eigenvalue weighted by Crippen LogP contribution is 2.66. The molecule has 2 aromatic heterocycles. The van der Waals surface area contributed by atoms with Crippen molar-refractivity contribution in [3.63, 3.8) is 0 Å². The maximum atomic E-state index is 11.8. The fourth-order valence-electron chi connectivity index (χ4n) is 2.62. The van der Waals surface area contributed by atoms with Gasteiger partial charge in [-0.25, -0.2) is 28.6 Å². The molecule has 6 atom stereocenters. The summed E-state index contributed by atoms with van der Waals surface area (Å²) in [5.74, 6) is 0.0426. The number of imidazole rings is 1. The minimum Gasteiger partial charge on any atom is -0.387 e. The Kier molecular flexibility index (Phi) is 6.68. The third kappa shape index (κ3) is 5.71. The van der Waals surface area contributed by atoms with E-state index >= 15 is 0 Å². The summed E-state index contributed by atoms with van der Waals surface area (Å²) in [5, 5.41) is 20.4. The van der Waals surface area contributed by atoms with Crippen molar-refractivity contribution in [2.75, 3.05) is 12.3 Å². The number of aromatic nitrogens is 4. The van der Waals surface area contributed by atoms with Gasteiger partial charge in [-0.2, -0.15) is 8.62 Å². The van der Waals surface area contributed by atoms with Gasteiger partial charge in [0, 0.05) is 0 Å². The molecule has 0 radical (unpaired) electrons. The van der Waals surface area contributed by atoms with Crippen molar-refractivity contribution in [1.29, 1.82) is 0 Å². The van der Waals surface area contributed by atoms with Crippen LogP contribution < -0.4 is 5.73 Å². The highest BCUT2D eigenvalue weighted by molar-refractivity contribution is 7.66. The highest BCUT2D eigenvalue weighted by Gasteiger charge is 2.47. The van der Waals surface area contributed by atoms with Gasteiger partial charge in [-0.15, -0.1) is 0 Å². The molecule has 1 aliphatic heterocycles. The third-order valence-electron chi connectivity index (χ3n) is 3.82. The molecule has 1 saturated heterocycles. The molecule has 3 unspecified atom stereocenters. The molecule has 0 bridgehead atoms. The number of phosphoric acid groups is 3. The van der Waals surface area contributed by atoms with Gasteiger partial charge in [0.15, 0.2) is 17.7 Å². The van der Waals surface area contributed by atoms with Crippen LogP contribution in [-0.2, 0) is 31.6 Å². The Morgan fingerprint density at radius 3 is 2.35 bits per heavy atom. The molecule has 1 fully saturated rings. The van der Waals surface area contributed by atoms with Gasteiger partial charge in [0.1, 0.15) is 30.2 Å². The van der Waals surface area contributed by atoms with Crippen molar-refractivity contribution < 1.29 is 61.4 Å². The largest absolute Gasteiger partial charge is 0.490 e. The number of nitrogens with two attached hydrogens (primary N) is 1. The van der Waals surface area contributed by atoms with E-state index in [-0.39, 0.29) is 17.0 Å². The lowest BCUT2D eigenvalue weighted by molar-refractivity contribution is -0.0503. The first-order chi connectivity index (χ1) is 14.2. The number of ether oxygens (including phenoxy) is 1. The number of nitrogens with zero attached hydrogens (tertiary/aromatic N) is 4. The molecule has 0 spiro atoms. The maximum absolute atomic E-state index is 11.8. The average molecular weight is 522 g/mol. The van der Waals surface area contributed by atoms with E-state index in [4.69, 9.17) is 25.2 Å². The standard InChI is InChI=1S/C10H16N5O13P3/c11-8-5-9(13-2-12-8)15(3-14-5)10-7(17)6(16)4(26-10)1-25-30(21,22)28-31(23,24)27-29(18,19)20/h2-4,6-7,10,16-17H,1H2,(H,21,22)(H,23,24)(H2,11,12,13)(H2,18,19,20)/t4-,6+,7?,10-/m1/s1/i1+1,2+1,3+1,4+1,5+1,6+1,7+1,8+1,9+1,10+1,11+1,12+1,13+1,14+1,15+1. The van der Waals surface area contributed by atoms with E-state index in [2.05, 4.69) is 28.1 Å². The second-order valence-electron chi connectivity index (χ2n) is 6.02. The van der Waals surface area contributed by atoms with Gasteiger partial charge in [0.25, 0.3) is 0 Å². The maximum Gasteiger partial charge on any atom is 0.490 e. The summed E-state index contributed by atoms with van der Waals surface area (Å²) in [6.07, 6.45) is -3.69. The van der Waals surface area contributed by atoms with Crippen LogP contribution in [0.3, 0.4) is 0 Å². The first-order valence-corrected chi connectivity index (χ1v) is 12.4. The summed E-state index contributed by atoms with van der Waals surface area (Å²) in [7, 11) is -16.7. The monoisotopic (exact) mass is 522 g/mol. The first-order valence-electron chi connectivity index (χ1n) is 7.92. The van der Waals surface area contributed by atoms with Crippen molar-refractivity contribution in [2.24, 2.45) is 0 Å². The van der Waals surface area contributed by atoms with Crippen LogP contribution >= 0.6 is 23.5 Å². The van der Waals surface area contributed by atoms with Crippen LogP contribution in [0, 0.1) is 0 Å². The van der Waals surface area contributed by atoms with Gasteiger partial charge < -0.3 is 40.3 Å². The SMILES string of the molecule is [15NH2][13c]1[15n][13cH][15n][13c]2[13c]1[15n][13cH][15n]2[13C@@H]1O[13C@H]([13CH2]OP(=O)(O)OP(=O)(O)OP(=O)(O)O)[13C@H](O)[13CH]1O. The van der Waals surface area contributed by atoms with Crippen molar-refractivity contribution in [3.8, 4) is 0 Å². The summed E-state index contributed by atoms with van der Waals surface area (Å²) < 4.78 is 51.9. The van der Waals surface area contributed by atoms with Gasteiger partial charge in [-0.1, -0.05) is 0 Å². The molecule has 8 N–H and O–H groups in total. The predicted octanol–water partition coefficient (Wildman–Crippen LogP) is -1.63. The number of nitrogen functional groups attached to an aromatic ring is 1. The molecule has 3 rings (SSSR count). The topological polar surface area (TPSA) is 279 Å². The number of fused-ring (bicyclic) bond motifs is 1. The molecular formula is C10H16N5O13P3. The number of aliphatic hydroxyl groups is 2. The normalized spacial score (nSPS) is 28.5. The van der Waals surface area contributed by atoms with Crippen molar-refractivity contribution in [3.05, 3.63) is 12.7 Å². The smallest absolute Gasteiger partial charge is 0.387 e.